The minimum Gasteiger partial charge on any atom is -0.349 e. The number of amides is 1. The summed E-state index contributed by atoms with van der Waals surface area (Å²) < 4.78 is 1.41. The van der Waals surface area contributed by atoms with Crippen LogP contribution in [0.2, 0.25) is 0 Å². The number of hydrogen-bond donors (Lipinski definition) is 2. The summed E-state index contributed by atoms with van der Waals surface area (Å²) in [6, 6.07) is 7.19. The Bertz CT molecular complexity index is 824. The topological polar surface area (TPSA) is 79.3 Å². The molecule has 7 nitrogen and oxygen atoms in total. The zero-order valence-electron chi connectivity index (χ0n) is 15.5. The van der Waals surface area contributed by atoms with Gasteiger partial charge in [0.05, 0.1) is 5.39 Å². The van der Waals surface area contributed by atoms with Crippen molar-refractivity contribution in [2.24, 2.45) is 5.92 Å². The molecular formula is C19H27N5O2. The van der Waals surface area contributed by atoms with E-state index in [1.165, 1.54) is 4.68 Å². The summed E-state index contributed by atoms with van der Waals surface area (Å²) >= 11 is 0. The van der Waals surface area contributed by atoms with Gasteiger partial charge >= 0.3 is 0 Å². The summed E-state index contributed by atoms with van der Waals surface area (Å²) in [4.78, 5) is 27.7. The number of nitrogens with zero attached hydrogens (tertiary/aromatic N) is 3. The van der Waals surface area contributed by atoms with Gasteiger partial charge in [-0.3, -0.25) is 14.5 Å². The number of benzene rings is 1. The van der Waals surface area contributed by atoms with E-state index in [9.17, 15) is 9.59 Å². The first kappa shape index (κ1) is 18.5. The Balaban J connectivity index is 1.79. The molecule has 1 saturated heterocycles. The lowest BCUT2D eigenvalue weighted by Gasteiger charge is -2.27. The smallest absolute Gasteiger partial charge is 0.274 e. The normalized spacial score (nSPS) is 15.5. The van der Waals surface area contributed by atoms with Crippen LogP contribution in [-0.2, 0) is 6.54 Å². The molecule has 0 spiro atoms. The van der Waals surface area contributed by atoms with E-state index in [1.54, 1.807) is 12.1 Å². The molecule has 1 fully saturated rings. The quantitative estimate of drug-likeness (QED) is 0.795. The van der Waals surface area contributed by atoms with Gasteiger partial charge in [-0.25, -0.2) is 4.68 Å². The molecule has 1 aromatic heterocycles. The second-order valence-corrected chi connectivity index (χ2v) is 7.12. The lowest BCUT2D eigenvalue weighted by Crippen LogP contribution is -2.46. The fourth-order valence-electron chi connectivity index (χ4n) is 3.22. The van der Waals surface area contributed by atoms with E-state index in [-0.39, 0.29) is 17.4 Å². The largest absolute Gasteiger partial charge is 0.349 e. The van der Waals surface area contributed by atoms with E-state index >= 15 is 0 Å². The first-order valence-corrected chi connectivity index (χ1v) is 9.27. The molecule has 2 heterocycles. The van der Waals surface area contributed by atoms with Crippen molar-refractivity contribution in [3.05, 3.63) is 40.3 Å². The Labute approximate surface area is 153 Å². The standard InChI is InChI=1S/C19H27N5O2/c1-14(2)13-24-19(26)16-6-4-3-5-15(16)17(22-24)18(25)21-9-12-23-10-7-20-8-11-23/h3-6,14,20H,7-13H2,1-2H3,(H,21,25). The molecule has 140 valence electrons. The molecule has 1 aliphatic heterocycles. The molecule has 0 bridgehead atoms. The zero-order chi connectivity index (χ0) is 18.5. The van der Waals surface area contributed by atoms with E-state index < -0.39 is 0 Å². The van der Waals surface area contributed by atoms with Crippen molar-refractivity contribution < 1.29 is 4.79 Å². The van der Waals surface area contributed by atoms with Crippen LogP contribution >= 0.6 is 0 Å². The maximum Gasteiger partial charge on any atom is 0.274 e. The van der Waals surface area contributed by atoms with E-state index in [1.807, 2.05) is 26.0 Å². The van der Waals surface area contributed by atoms with Crippen LogP contribution in [0.3, 0.4) is 0 Å². The summed E-state index contributed by atoms with van der Waals surface area (Å²) in [5.41, 5.74) is 0.174. The molecule has 1 amide bonds. The van der Waals surface area contributed by atoms with E-state index in [0.29, 0.717) is 29.6 Å². The lowest BCUT2D eigenvalue weighted by molar-refractivity contribution is 0.0941. The predicted octanol–water partition coefficient (Wildman–Crippen LogP) is 0.688. The summed E-state index contributed by atoms with van der Waals surface area (Å²) in [5, 5.41) is 11.8. The SMILES string of the molecule is CC(C)Cn1nc(C(=O)NCCN2CCNCC2)c2ccccc2c1=O. The van der Waals surface area contributed by atoms with Gasteiger partial charge in [-0.2, -0.15) is 5.10 Å². The van der Waals surface area contributed by atoms with Crippen molar-refractivity contribution in [2.75, 3.05) is 39.3 Å². The predicted molar refractivity (Wildman–Crippen MR) is 102 cm³/mol. The van der Waals surface area contributed by atoms with Gasteiger partial charge in [-0.05, 0) is 12.0 Å². The van der Waals surface area contributed by atoms with Crippen LogP contribution in [0.25, 0.3) is 10.8 Å². The molecule has 7 heteroatoms. The number of aromatic nitrogens is 2. The number of rotatable bonds is 6. The van der Waals surface area contributed by atoms with Crippen LogP contribution < -0.4 is 16.2 Å². The van der Waals surface area contributed by atoms with Crippen LogP contribution in [0.1, 0.15) is 24.3 Å². The molecule has 26 heavy (non-hydrogen) atoms. The summed E-state index contributed by atoms with van der Waals surface area (Å²) in [6.45, 7) is 9.89. The van der Waals surface area contributed by atoms with E-state index in [0.717, 1.165) is 32.7 Å². The summed E-state index contributed by atoms with van der Waals surface area (Å²) in [6.07, 6.45) is 0. The highest BCUT2D eigenvalue weighted by Crippen LogP contribution is 2.13. The summed E-state index contributed by atoms with van der Waals surface area (Å²) in [5.74, 6) is 0.0406. The number of fused-ring (bicyclic) bond motifs is 1. The second kappa shape index (κ2) is 8.42. The number of hydrogen-bond acceptors (Lipinski definition) is 5. The number of carbonyl (C=O) groups excluding carboxylic acids is 1. The highest BCUT2D eigenvalue weighted by Gasteiger charge is 2.17. The molecular weight excluding hydrogens is 330 g/mol. The summed E-state index contributed by atoms with van der Waals surface area (Å²) in [7, 11) is 0. The molecule has 3 rings (SSSR count). The van der Waals surface area contributed by atoms with Gasteiger partial charge in [0.2, 0.25) is 0 Å². The van der Waals surface area contributed by atoms with Crippen LogP contribution in [0, 0.1) is 5.92 Å². The number of piperazine rings is 1. The average Bonchev–Trinajstić information content (AvgIpc) is 2.64. The molecule has 0 unspecified atom stereocenters. The highest BCUT2D eigenvalue weighted by atomic mass is 16.2. The third-order valence-corrected chi connectivity index (χ3v) is 4.54. The van der Waals surface area contributed by atoms with Crippen LogP contribution in [0.5, 0.6) is 0 Å². The molecule has 0 radical (unpaired) electrons. The zero-order valence-corrected chi connectivity index (χ0v) is 15.5. The van der Waals surface area contributed by atoms with Crippen molar-refractivity contribution in [1.29, 1.82) is 0 Å². The Morgan fingerprint density at radius 3 is 2.62 bits per heavy atom. The van der Waals surface area contributed by atoms with Gasteiger partial charge in [0.1, 0.15) is 0 Å². The maximum atomic E-state index is 12.7. The third-order valence-electron chi connectivity index (χ3n) is 4.54. The van der Waals surface area contributed by atoms with Gasteiger partial charge in [0.25, 0.3) is 11.5 Å². The van der Waals surface area contributed by atoms with Gasteiger partial charge in [-0.15, -0.1) is 0 Å². The minimum absolute atomic E-state index is 0.147. The Morgan fingerprint density at radius 2 is 1.92 bits per heavy atom. The maximum absolute atomic E-state index is 12.7. The molecule has 0 atom stereocenters. The highest BCUT2D eigenvalue weighted by molar-refractivity contribution is 6.04. The van der Waals surface area contributed by atoms with Crippen molar-refractivity contribution in [3.63, 3.8) is 0 Å². The van der Waals surface area contributed by atoms with Crippen molar-refractivity contribution >= 4 is 16.7 Å². The van der Waals surface area contributed by atoms with Crippen LogP contribution in [0.15, 0.2) is 29.1 Å². The van der Waals surface area contributed by atoms with Crippen molar-refractivity contribution in [3.8, 4) is 0 Å². The minimum atomic E-state index is -0.228. The monoisotopic (exact) mass is 357 g/mol. The molecule has 2 aromatic rings. The molecule has 1 aliphatic rings. The van der Waals surface area contributed by atoms with Crippen molar-refractivity contribution in [2.45, 2.75) is 20.4 Å². The lowest BCUT2D eigenvalue weighted by atomic mass is 10.1. The molecule has 0 aliphatic carbocycles. The fourth-order valence-corrected chi connectivity index (χ4v) is 3.22. The van der Waals surface area contributed by atoms with E-state index in [4.69, 9.17) is 0 Å². The molecule has 2 N–H and O–H groups in total. The second-order valence-electron chi connectivity index (χ2n) is 7.12. The first-order chi connectivity index (χ1) is 12.6. The Hall–Kier alpha value is -2.25. The first-order valence-electron chi connectivity index (χ1n) is 9.27. The van der Waals surface area contributed by atoms with Crippen molar-refractivity contribution in [1.82, 2.24) is 25.3 Å². The van der Waals surface area contributed by atoms with Gasteiger partial charge in [-0.1, -0.05) is 32.0 Å². The van der Waals surface area contributed by atoms with Crippen LogP contribution in [0.4, 0.5) is 0 Å². The fraction of sp³-hybridized carbons (Fsp3) is 0.526. The van der Waals surface area contributed by atoms with Crippen LogP contribution in [-0.4, -0.2) is 59.9 Å². The van der Waals surface area contributed by atoms with Gasteiger partial charge < -0.3 is 10.6 Å². The van der Waals surface area contributed by atoms with Gasteiger partial charge in [0.15, 0.2) is 5.69 Å². The third kappa shape index (κ3) is 4.28. The van der Waals surface area contributed by atoms with Gasteiger partial charge in [0, 0.05) is 51.2 Å². The van der Waals surface area contributed by atoms with E-state index in [2.05, 4.69) is 20.6 Å². The average molecular weight is 357 g/mol. The Kier molecular flexibility index (Phi) is 6.00. The molecule has 1 aromatic carbocycles. The number of nitrogens with one attached hydrogen (secondary N) is 2. The molecule has 0 saturated carbocycles. The Morgan fingerprint density at radius 1 is 1.23 bits per heavy atom. The number of carbonyl (C=O) groups is 1.